The molecule has 15 heavy (non-hydrogen) atoms. The first kappa shape index (κ1) is 10.4. The third-order valence-corrected chi connectivity index (χ3v) is 3.17. The molecule has 0 aliphatic carbocycles. The molecule has 0 fully saturated rings. The molecule has 0 spiro atoms. The Labute approximate surface area is 101 Å². The highest BCUT2D eigenvalue weighted by Gasteiger charge is 2.08. The van der Waals surface area contributed by atoms with Gasteiger partial charge in [-0.2, -0.15) is 5.10 Å². The van der Waals surface area contributed by atoms with E-state index in [4.69, 9.17) is 0 Å². The lowest BCUT2D eigenvalue weighted by molar-refractivity contribution is 0.112. The molecule has 0 bridgehead atoms. The topological polar surface area (TPSA) is 34.9 Å². The van der Waals surface area contributed by atoms with E-state index in [1.165, 1.54) is 0 Å². The second-order valence-corrected chi connectivity index (χ2v) is 4.33. The maximum Gasteiger partial charge on any atom is 0.153 e. The van der Waals surface area contributed by atoms with Crippen LogP contribution in [0.15, 0.2) is 30.5 Å². The van der Waals surface area contributed by atoms with E-state index in [1.54, 1.807) is 10.9 Å². The van der Waals surface area contributed by atoms with Gasteiger partial charge in [-0.05, 0) is 41.6 Å². The van der Waals surface area contributed by atoms with E-state index in [0.717, 1.165) is 21.2 Å². The van der Waals surface area contributed by atoms with E-state index in [0.29, 0.717) is 5.56 Å². The molecule has 0 radical (unpaired) electrons. The minimum Gasteiger partial charge on any atom is -0.298 e. The molecule has 1 heterocycles. The lowest BCUT2D eigenvalue weighted by atomic mass is 10.2. The third kappa shape index (κ3) is 1.81. The molecule has 0 aliphatic heterocycles. The van der Waals surface area contributed by atoms with Gasteiger partial charge in [-0.15, -0.1) is 0 Å². The smallest absolute Gasteiger partial charge is 0.153 e. The molecule has 0 saturated heterocycles. The second kappa shape index (κ2) is 4.14. The lowest BCUT2D eigenvalue weighted by Gasteiger charge is -2.06. The van der Waals surface area contributed by atoms with E-state index >= 15 is 0 Å². The average Bonchev–Trinajstić information content (AvgIpc) is 2.60. The zero-order valence-corrected chi connectivity index (χ0v) is 10.3. The Balaban J connectivity index is 2.59. The predicted octanol–water partition coefficient (Wildman–Crippen LogP) is 2.60. The monoisotopic (exact) mass is 312 g/mol. The van der Waals surface area contributed by atoms with Crippen LogP contribution >= 0.6 is 22.6 Å². The highest BCUT2D eigenvalue weighted by molar-refractivity contribution is 14.1. The van der Waals surface area contributed by atoms with Crippen molar-refractivity contribution in [2.45, 2.75) is 6.92 Å². The summed E-state index contributed by atoms with van der Waals surface area (Å²) in [7, 11) is 0. The van der Waals surface area contributed by atoms with Crippen molar-refractivity contribution in [2.75, 3.05) is 0 Å². The standard InChI is InChI=1S/C11H9IN2O/c1-8-9(7-15)6-13-14(8)11-5-3-2-4-10(11)12/h2-7H,1H3. The van der Waals surface area contributed by atoms with Crippen molar-refractivity contribution in [1.29, 1.82) is 0 Å². The highest BCUT2D eigenvalue weighted by atomic mass is 127. The second-order valence-electron chi connectivity index (χ2n) is 3.17. The van der Waals surface area contributed by atoms with Crippen LogP contribution in [0.3, 0.4) is 0 Å². The number of benzene rings is 1. The molecule has 3 nitrogen and oxygen atoms in total. The predicted molar refractivity (Wildman–Crippen MR) is 66.4 cm³/mol. The molecule has 1 aromatic heterocycles. The Morgan fingerprint density at radius 2 is 2.13 bits per heavy atom. The largest absolute Gasteiger partial charge is 0.298 e. The number of nitrogens with zero attached hydrogens (tertiary/aromatic N) is 2. The van der Waals surface area contributed by atoms with Gasteiger partial charge in [0.05, 0.1) is 23.1 Å². The van der Waals surface area contributed by atoms with Crippen molar-refractivity contribution in [3.05, 3.63) is 45.3 Å². The molecule has 1 aromatic carbocycles. The van der Waals surface area contributed by atoms with E-state index < -0.39 is 0 Å². The fourth-order valence-corrected chi connectivity index (χ4v) is 2.02. The van der Waals surface area contributed by atoms with Crippen LogP contribution < -0.4 is 0 Å². The van der Waals surface area contributed by atoms with E-state index in [9.17, 15) is 4.79 Å². The van der Waals surface area contributed by atoms with Crippen molar-refractivity contribution in [3.63, 3.8) is 0 Å². The van der Waals surface area contributed by atoms with Gasteiger partial charge in [0.2, 0.25) is 0 Å². The van der Waals surface area contributed by atoms with Crippen LogP contribution in [-0.2, 0) is 0 Å². The number of hydrogen-bond acceptors (Lipinski definition) is 2. The minimum atomic E-state index is 0.634. The van der Waals surface area contributed by atoms with Gasteiger partial charge in [-0.3, -0.25) is 4.79 Å². The van der Waals surface area contributed by atoms with Crippen LogP contribution in [0.25, 0.3) is 5.69 Å². The van der Waals surface area contributed by atoms with E-state index in [2.05, 4.69) is 27.7 Å². The fraction of sp³-hybridized carbons (Fsp3) is 0.0909. The van der Waals surface area contributed by atoms with Crippen molar-refractivity contribution >= 4 is 28.9 Å². The van der Waals surface area contributed by atoms with Gasteiger partial charge in [-0.1, -0.05) is 12.1 Å². The van der Waals surface area contributed by atoms with Crippen LogP contribution in [0, 0.1) is 10.5 Å². The molecule has 76 valence electrons. The number of rotatable bonds is 2. The van der Waals surface area contributed by atoms with E-state index in [-0.39, 0.29) is 0 Å². The number of carbonyl (C=O) groups is 1. The average molecular weight is 312 g/mol. The summed E-state index contributed by atoms with van der Waals surface area (Å²) in [6, 6.07) is 7.93. The number of aldehydes is 1. The van der Waals surface area contributed by atoms with Gasteiger partial charge in [0.1, 0.15) is 0 Å². The number of aromatic nitrogens is 2. The third-order valence-electron chi connectivity index (χ3n) is 2.26. The molecule has 0 unspecified atom stereocenters. The summed E-state index contributed by atoms with van der Waals surface area (Å²) in [4.78, 5) is 10.7. The highest BCUT2D eigenvalue weighted by Crippen LogP contribution is 2.18. The fourth-order valence-electron chi connectivity index (χ4n) is 1.40. The zero-order valence-electron chi connectivity index (χ0n) is 8.14. The van der Waals surface area contributed by atoms with Crippen molar-refractivity contribution in [2.24, 2.45) is 0 Å². The molecule has 0 N–H and O–H groups in total. The summed E-state index contributed by atoms with van der Waals surface area (Å²) in [5.41, 5.74) is 2.51. The molecule has 0 saturated carbocycles. The first-order valence-electron chi connectivity index (χ1n) is 4.48. The van der Waals surface area contributed by atoms with E-state index in [1.807, 2.05) is 31.2 Å². The van der Waals surface area contributed by atoms with Gasteiger partial charge < -0.3 is 0 Å². The Morgan fingerprint density at radius 1 is 1.40 bits per heavy atom. The van der Waals surface area contributed by atoms with Gasteiger partial charge in [-0.25, -0.2) is 4.68 Å². The quantitative estimate of drug-likeness (QED) is 0.631. The number of halogens is 1. The number of carbonyl (C=O) groups excluding carboxylic acids is 1. The Kier molecular flexibility index (Phi) is 2.86. The molecule has 4 heteroatoms. The van der Waals surface area contributed by atoms with Crippen LogP contribution in [0.1, 0.15) is 16.1 Å². The first-order valence-corrected chi connectivity index (χ1v) is 5.56. The molecule has 2 aromatic rings. The molecular formula is C11H9IN2O. The van der Waals surface area contributed by atoms with Gasteiger partial charge >= 0.3 is 0 Å². The minimum absolute atomic E-state index is 0.634. The first-order chi connectivity index (χ1) is 7.24. The normalized spacial score (nSPS) is 10.3. The Bertz CT molecular complexity index is 505. The SMILES string of the molecule is Cc1c(C=O)cnn1-c1ccccc1I. The van der Waals surface area contributed by atoms with Crippen molar-refractivity contribution < 1.29 is 4.79 Å². The van der Waals surface area contributed by atoms with Gasteiger partial charge in [0, 0.05) is 3.57 Å². The summed E-state index contributed by atoms with van der Waals surface area (Å²) in [6.45, 7) is 1.89. The Hall–Kier alpha value is -1.17. The zero-order chi connectivity index (χ0) is 10.8. The molecule has 0 atom stereocenters. The van der Waals surface area contributed by atoms with Crippen molar-refractivity contribution in [1.82, 2.24) is 9.78 Å². The summed E-state index contributed by atoms with van der Waals surface area (Å²) >= 11 is 2.25. The summed E-state index contributed by atoms with van der Waals surface area (Å²) < 4.78 is 2.89. The summed E-state index contributed by atoms with van der Waals surface area (Å²) in [5.74, 6) is 0. The van der Waals surface area contributed by atoms with Gasteiger partial charge in [0.15, 0.2) is 6.29 Å². The summed E-state index contributed by atoms with van der Waals surface area (Å²) in [6.07, 6.45) is 2.42. The van der Waals surface area contributed by atoms with Crippen LogP contribution in [-0.4, -0.2) is 16.1 Å². The summed E-state index contributed by atoms with van der Waals surface area (Å²) in [5, 5.41) is 4.20. The van der Waals surface area contributed by atoms with Crippen LogP contribution in [0.5, 0.6) is 0 Å². The van der Waals surface area contributed by atoms with Crippen LogP contribution in [0.2, 0.25) is 0 Å². The molecule has 0 amide bonds. The number of para-hydroxylation sites is 1. The van der Waals surface area contributed by atoms with Gasteiger partial charge in [0.25, 0.3) is 0 Å². The Morgan fingerprint density at radius 3 is 2.73 bits per heavy atom. The maximum absolute atomic E-state index is 10.7. The van der Waals surface area contributed by atoms with Crippen LogP contribution in [0.4, 0.5) is 0 Å². The maximum atomic E-state index is 10.7. The van der Waals surface area contributed by atoms with Crippen molar-refractivity contribution in [3.8, 4) is 5.69 Å². The lowest BCUT2D eigenvalue weighted by Crippen LogP contribution is -2.01. The number of hydrogen-bond donors (Lipinski definition) is 0. The molecule has 2 rings (SSSR count). The molecular weight excluding hydrogens is 303 g/mol. The molecule has 0 aliphatic rings.